The largest absolute Gasteiger partial charge is 0.399 e. The standard InChI is InChI=1S/C15H24N2O/c1-11(2)12(3)17(4)15(18)9-8-13-6-5-7-14(16)10-13/h5-7,10-12H,8-9,16H2,1-4H3. The van der Waals surface area contributed by atoms with Crippen molar-refractivity contribution in [3.05, 3.63) is 29.8 Å². The van der Waals surface area contributed by atoms with Crippen molar-refractivity contribution in [2.24, 2.45) is 5.92 Å². The highest BCUT2D eigenvalue weighted by atomic mass is 16.2. The number of hydrogen-bond acceptors (Lipinski definition) is 2. The van der Waals surface area contributed by atoms with Gasteiger partial charge in [-0.2, -0.15) is 0 Å². The van der Waals surface area contributed by atoms with Crippen molar-refractivity contribution in [2.75, 3.05) is 12.8 Å². The van der Waals surface area contributed by atoms with Gasteiger partial charge in [0.2, 0.25) is 5.91 Å². The maximum atomic E-state index is 12.0. The molecular weight excluding hydrogens is 224 g/mol. The smallest absolute Gasteiger partial charge is 0.222 e. The molecule has 1 aromatic carbocycles. The van der Waals surface area contributed by atoms with E-state index in [9.17, 15) is 4.79 Å². The molecule has 0 aromatic heterocycles. The van der Waals surface area contributed by atoms with Gasteiger partial charge in [-0.25, -0.2) is 0 Å². The molecule has 3 nitrogen and oxygen atoms in total. The lowest BCUT2D eigenvalue weighted by Gasteiger charge is -2.28. The van der Waals surface area contributed by atoms with Crippen molar-refractivity contribution in [1.29, 1.82) is 0 Å². The Morgan fingerprint density at radius 3 is 2.56 bits per heavy atom. The van der Waals surface area contributed by atoms with E-state index in [1.54, 1.807) is 0 Å². The number of amides is 1. The van der Waals surface area contributed by atoms with Gasteiger partial charge in [0.05, 0.1) is 0 Å². The first-order valence-electron chi connectivity index (χ1n) is 6.52. The van der Waals surface area contributed by atoms with Gasteiger partial charge in [-0.15, -0.1) is 0 Å². The van der Waals surface area contributed by atoms with Crippen LogP contribution in [-0.2, 0) is 11.2 Å². The molecule has 1 amide bonds. The fraction of sp³-hybridized carbons (Fsp3) is 0.533. The number of anilines is 1. The van der Waals surface area contributed by atoms with E-state index in [-0.39, 0.29) is 11.9 Å². The van der Waals surface area contributed by atoms with E-state index in [0.29, 0.717) is 12.3 Å². The number of benzene rings is 1. The molecule has 0 aliphatic heterocycles. The van der Waals surface area contributed by atoms with E-state index in [4.69, 9.17) is 5.73 Å². The minimum absolute atomic E-state index is 0.193. The summed E-state index contributed by atoms with van der Waals surface area (Å²) in [5.74, 6) is 0.671. The fourth-order valence-corrected chi connectivity index (χ4v) is 1.85. The molecule has 1 unspecified atom stereocenters. The fourth-order valence-electron chi connectivity index (χ4n) is 1.85. The molecule has 0 aliphatic carbocycles. The number of aryl methyl sites for hydroxylation is 1. The summed E-state index contributed by atoms with van der Waals surface area (Å²) >= 11 is 0. The lowest BCUT2D eigenvalue weighted by atomic mass is 10.0. The van der Waals surface area contributed by atoms with Gasteiger partial charge in [0.15, 0.2) is 0 Å². The van der Waals surface area contributed by atoms with Crippen LogP contribution >= 0.6 is 0 Å². The third-order valence-electron chi connectivity index (χ3n) is 3.55. The molecule has 0 saturated heterocycles. The minimum Gasteiger partial charge on any atom is -0.399 e. The van der Waals surface area contributed by atoms with Gasteiger partial charge in [-0.1, -0.05) is 26.0 Å². The van der Waals surface area contributed by atoms with Crippen molar-refractivity contribution in [2.45, 2.75) is 39.7 Å². The average molecular weight is 248 g/mol. The van der Waals surface area contributed by atoms with Crippen LogP contribution in [0.4, 0.5) is 5.69 Å². The van der Waals surface area contributed by atoms with E-state index >= 15 is 0 Å². The summed E-state index contributed by atoms with van der Waals surface area (Å²) in [6.45, 7) is 6.35. The first-order chi connectivity index (χ1) is 8.41. The lowest BCUT2D eigenvalue weighted by Crippen LogP contribution is -2.38. The van der Waals surface area contributed by atoms with Crippen molar-refractivity contribution < 1.29 is 4.79 Å². The topological polar surface area (TPSA) is 46.3 Å². The van der Waals surface area contributed by atoms with Crippen LogP contribution in [0.15, 0.2) is 24.3 Å². The Kier molecular flexibility index (Phi) is 5.20. The zero-order valence-corrected chi connectivity index (χ0v) is 11.8. The number of carbonyl (C=O) groups is 1. The summed E-state index contributed by atoms with van der Waals surface area (Å²) in [6, 6.07) is 8.00. The number of nitrogens with two attached hydrogens (primary N) is 1. The molecule has 3 heteroatoms. The number of rotatable bonds is 5. The van der Waals surface area contributed by atoms with Crippen LogP contribution in [0, 0.1) is 5.92 Å². The Labute approximate surface area is 110 Å². The first-order valence-corrected chi connectivity index (χ1v) is 6.52. The zero-order valence-electron chi connectivity index (χ0n) is 11.8. The van der Waals surface area contributed by atoms with Crippen molar-refractivity contribution in [1.82, 2.24) is 4.90 Å². The number of hydrogen-bond donors (Lipinski definition) is 1. The average Bonchev–Trinajstić information content (AvgIpc) is 2.34. The molecule has 1 rings (SSSR count). The molecule has 18 heavy (non-hydrogen) atoms. The van der Waals surface area contributed by atoms with Crippen molar-refractivity contribution in [3.63, 3.8) is 0 Å². The van der Waals surface area contributed by atoms with Gasteiger partial charge in [0.25, 0.3) is 0 Å². The molecular formula is C15H24N2O. The van der Waals surface area contributed by atoms with E-state index in [0.717, 1.165) is 17.7 Å². The quantitative estimate of drug-likeness (QED) is 0.814. The lowest BCUT2D eigenvalue weighted by molar-refractivity contribution is -0.132. The summed E-state index contributed by atoms with van der Waals surface area (Å²) in [6.07, 6.45) is 1.29. The van der Waals surface area contributed by atoms with Crippen LogP contribution in [0.1, 0.15) is 32.8 Å². The second-order valence-electron chi connectivity index (χ2n) is 5.23. The maximum absolute atomic E-state index is 12.0. The summed E-state index contributed by atoms with van der Waals surface area (Å²) in [5, 5.41) is 0. The Morgan fingerprint density at radius 1 is 1.33 bits per heavy atom. The van der Waals surface area contributed by atoms with E-state index in [1.807, 2.05) is 36.2 Å². The van der Waals surface area contributed by atoms with E-state index < -0.39 is 0 Å². The van der Waals surface area contributed by atoms with Crippen LogP contribution in [0.25, 0.3) is 0 Å². The SMILES string of the molecule is CC(C)C(C)N(C)C(=O)CCc1cccc(N)c1. The normalized spacial score (nSPS) is 12.5. The van der Waals surface area contributed by atoms with Crippen LogP contribution in [-0.4, -0.2) is 23.9 Å². The van der Waals surface area contributed by atoms with Crippen molar-refractivity contribution >= 4 is 11.6 Å². The predicted octanol–water partition coefficient (Wildman–Crippen LogP) is 2.70. The first kappa shape index (κ1) is 14.6. The summed E-state index contributed by atoms with van der Waals surface area (Å²) in [5.41, 5.74) is 7.59. The van der Waals surface area contributed by atoms with Gasteiger partial charge in [-0.3, -0.25) is 4.79 Å². The third kappa shape index (κ3) is 4.06. The number of nitrogen functional groups attached to an aromatic ring is 1. The molecule has 1 aromatic rings. The Morgan fingerprint density at radius 2 is 2.00 bits per heavy atom. The molecule has 0 saturated carbocycles. The van der Waals surface area contributed by atoms with Gasteiger partial charge < -0.3 is 10.6 Å². The molecule has 0 bridgehead atoms. The molecule has 0 fully saturated rings. The second-order valence-corrected chi connectivity index (χ2v) is 5.23. The molecule has 0 spiro atoms. The number of carbonyl (C=O) groups excluding carboxylic acids is 1. The van der Waals surface area contributed by atoms with Gasteiger partial charge in [-0.05, 0) is 37.0 Å². The maximum Gasteiger partial charge on any atom is 0.222 e. The second kappa shape index (κ2) is 6.43. The monoisotopic (exact) mass is 248 g/mol. The van der Waals surface area contributed by atoms with E-state index in [2.05, 4.69) is 20.8 Å². The minimum atomic E-state index is 0.193. The van der Waals surface area contributed by atoms with Crippen LogP contribution in [0.2, 0.25) is 0 Å². The van der Waals surface area contributed by atoms with E-state index in [1.165, 1.54) is 0 Å². The summed E-state index contributed by atoms with van der Waals surface area (Å²) in [7, 11) is 1.88. The molecule has 100 valence electrons. The van der Waals surface area contributed by atoms with Crippen LogP contribution in [0.3, 0.4) is 0 Å². The molecule has 0 radical (unpaired) electrons. The van der Waals surface area contributed by atoms with Crippen LogP contribution in [0.5, 0.6) is 0 Å². The molecule has 0 aliphatic rings. The summed E-state index contributed by atoms with van der Waals surface area (Å²) in [4.78, 5) is 13.9. The van der Waals surface area contributed by atoms with Gasteiger partial charge >= 0.3 is 0 Å². The third-order valence-corrected chi connectivity index (χ3v) is 3.55. The highest BCUT2D eigenvalue weighted by Crippen LogP contribution is 2.12. The Hall–Kier alpha value is -1.51. The van der Waals surface area contributed by atoms with Gasteiger partial charge in [0.1, 0.15) is 0 Å². The highest BCUT2D eigenvalue weighted by Gasteiger charge is 2.17. The predicted molar refractivity (Wildman–Crippen MR) is 76.2 cm³/mol. The molecule has 0 heterocycles. The molecule has 1 atom stereocenters. The zero-order chi connectivity index (χ0) is 13.7. The summed E-state index contributed by atoms with van der Waals surface area (Å²) < 4.78 is 0. The molecule has 2 N–H and O–H groups in total. The van der Waals surface area contributed by atoms with Crippen molar-refractivity contribution in [3.8, 4) is 0 Å². The highest BCUT2D eigenvalue weighted by molar-refractivity contribution is 5.76. The Bertz CT molecular complexity index is 401. The Balaban J connectivity index is 2.51. The number of nitrogens with zero attached hydrogens (tertiary/aromatic N) is 1. The van der Waals surface area contributed by atoms with Gasteiger partial charge in [0, 0.05) is 25.2 Å². The van der Waals surface area contributed by atoms with Crippen LogP contribution < -0.4 is 5.73 Å².